The van der Waals surface area contributed by atoms with Gasteiger partial charge in [-0.1, -0.05) is 37.1 Å². The van der Waals surface area contributed by atoms with Crippen LogP contribution < -0.4 is 9.47 Å². The number of rotatable bonds is 4. The molecule has 0 unspecified atom stereocenters. The van der Waals surface area contributed by atoms with Crippen molar-refractivity contribution in [3.05, 3.63) is 48.5 Å². The van der Waals surface area contributed by atoms with E-state index >= 15 is 0 Å². The van der Waals surface area contributed by atoms with Crippen LogP contribution in [0.5, 0.6) is 23.0 Å². The average Bonchev–Trinajstić information content (AvgIpc) is 2.73. The molecule has 2 N–H and O–H groups in total. The molecular formula is C26H36O4. The second kappa shape index (κ2) is 10.1. The van der Waals surface area contributed by atoms with Crippen LogP contribution in [-0.2, 0) is 0 Å². The van der Waals surface area contributed by atoms with Crippen molar-refractivity contribution < 1.29 is 19.7 Å². The van der Waals surface area contributed by atoms with Gasteiger partial charge in [-0.05, 0) is 89.5 Å². The summed E-state index contributed by atoms with van der Waals surface area (Å²) in [6, 6.07) is 14.2. The Morgan fingerprint density at radius 2 is 1.17 bits per heavy atom. The van der Waals surface area contributed by atoms with Crippen LogP contribution in [0.2, 0.25) is 0 Å². The third-order valence-corrected chi connectivity index (χ3v) is 6.24. The third kappa shape index (κ3) is 6.32. The first kappa shape index (κ1) is 22.3. The quantitative estimate of drug-likeness (QED) is 0.568. The predicted octanol–water partition coefficient (Wildman–Crippen LogP) is 6.99. The molecule has 164 valence electrons. The smallest absolute Gasteiger partial charge is 0.203 e. The Balaban J connectivity index is 0.000000310. The number of phenols is 2. The van der Waals surface area contributed by atoms with E-state index in [9.17, 15) is 5.11 Å². The van der Waals surface area contributed by atoms with E-state index in [1.165, 1.54) is 38.5 Å². The zero-order chi connectivity index (χ0) is 21.5. The number of phenolic OH excluding ortho intramolecular Hbond substituents is 2. The molecule has 2 aliphatic carbocycles. The number of aromatic hydroxyl groups is 2. The van der Waals surface area contributed by atoms with Gasteiger partial charge in [0.15, 0.2) is 11.5 Å². The first-order chi connectivity index (χ1) is 14.4. The molecule has 0 heterocycles. The molecule has 2 aromatic rings. The number of hydrogen-bond donors (Lipinski definition) is 2. The molecule has 4 rings (SSSR count). The van der Waals surface area contributed by atoms with E-state index in [2.05, 4.69) is 13.8 Å². The Kier molecular flexibility index (Phi) is 7.52. The van der Waals surface area contributed by atoms with E-state index in [1.54, 1.807) is 30.3 Å². The molecule has 2 aromatic carbocycles. The van der Waals surface area contributed by atoms with Crippen LogP contribution in [0.15, 0.2) is 48.5 Å². The van der Waals surface area contributed by atoms with Crippen molar-refractivity contribution in [2.24, 2.45) is 0 Å². The zero-order valence-corrected chi connectivity index (χ0v) is 18.4. The van der Waals surface area contributed by atoms with Gasteiger partial charge in [-0.15, -0.1) is 0 Å². The fourth-order valence-corrected chi connectivity index (χ4v) is 4.43. The summed E-state index contributed by atoms with van der Waals surface area (Å²) in [5, 5.41) is 19.0. The molecule has 0 spiro atoms. The fraction of sp³-hybridized carbons (Fsp3) is 0.538. The molecule has 0 atom stereocenters. The lowest BCUT2D eigenvalue weighted by molar-refractivity contribution is 0.0207. The molecule has 4 heteroatoms. The van der Waals surface area contributed by atoms with E-state index in [4.69, 9.17) is 14.6 Å². The lowest BCUT2D eigenvalue weighted by Crippen LogP contribution is -2.36. The Labute approximate surface area is 180 Å². The van der Waals surface area contributed by atoms with Gasteiger partial charge in [-0.25, -0.2) is 0 Å². The molecule has 2 aliphatic rings. The van der Waals surface area contributed by atoms with Crippen molar-refractivity contribution >= 4 is 0 Å². The summed E-state index contributed by atoms with van der Waals surface area (Å²) in [6.07, 6.45) is 11.6. The standard InChI is InChI=1S/C20H30O3.C6H6O/c1-19(12-5-3-6-13-19)22-17-11-9-10-16(21)18(17)23-20(2)14-7-4-8-15-20;7-6-4-2-1-3-5-6/h9-11,21H,3-8,12-15H2,1-2H3;1-5,7H. The number of para-hydroxylation sites is 2. The molecule has 0 saturated heterocycles. The molecule has 2 saturated carbocycles. The maximum absolute atomic E-state index is 10.3. The Hall–Kier alpha value is -2.36. The molecular weight excluding hydrogens is 376 g/mol. The minimum absolute atomic E-state index is 0.141. The average molecular weight is 413 g/mol. The fourth-order valence-electron chi connectivity index (χ4n) is 4.43. The minimum atomic E-state index is -0.192. The maximum atomic E-state index is 10.3. The second-order valence-corrected chi connectivity index (χ2v) is 9.17. The second-order valence-electron chi connectivity index (χ2n) is 9.17. The van der Waals surface area contributed by atoms with Gasteiger partial charge in [0, 0.05) is 0 Å². The van der Waals surface area contributed by atoms with Crippen molar-refractivity contribution in [2.45, 2.75) is 89.3 Å². The van der Waals surface area contributed by atoms with Gasteiger partial charge < -0.3 is 19.7 Å². The van der Waals surface area contributed by atoms with Gasteiger partial charge in [0.05, 0.1) is 0 Å². The number of hydrogen-bond acceptors (Lipinski definition) is 4. The number of ether oxygens (including phenoxy) is 2. The molecule has 0 bridgehead atoms. The zero-order valence-electron chi connectivity index (χ0n) is 18.4. The highest BCUT2D eigenvalue weighted by atomic mass is 16.5. The van der Waals surface area contributed by atoms with Crippen molar-refractivity contribution in [3.8, 4) is 23.0 Å². The van der Waals surface area contributed by atoms with Crippen LogP contribution in [0.3, 0.4) is 0 Å². The monoisotopic (exact) mass is 412 g/mol. The van der Waals surface area contributed by atoms with E-state index in [-0.39, 0.29) is 17.0 Å². The SMILES string of the molecule is CC1(Oc2cccc(O)c2OC2(C)CCCCC2)CCCCC1.Oc1ccccc1. The van der Waals surface area contributed by atoms with E-state index in [0.717, 1.165) is 25.7 Å². The lowest BCUT2D eigenvalue weighted by Gasteiger charge is -2.37. The lowest BCUT2D eigenvalue weighted by atomic mass is 9.86. The summed E-state index contributed by atoms with van der Waals surface area (Å²) in [5.41, 5.74) is -0.333. The Bertz CT molecular complexity index is 775. The van der Waals surface area contributed by atoms with Gasteiger partial charge >= 0.3 is 0 Å². The number of benzene rings is 2. The van der Waals surface area contributed by atoms with Crippen molar-refractivity contribution in [1.82, 2.24) is 0 Å². The normalized spacial score (nSPS) is 19.8. The summed E-state index contributed by atoms with van der Waals surface area (Å²) >= 11 is 0. The van der Waals surface area contributed by atoms with Crippen molar-refractivity contribution in [2.75, 3.05) is 0 Å². The summed E-state index contributed by atoms with van der Waals surface area (Å²) in [4.78, 5) is 0. The predicted molar refractivity (Wildman–Crippen MR) is 120 cm³/mol. The molecule has 0 aromatic heterocycles. The van der Waals surface area contributed by atoms with E-state index in [0.29, 0.717) is 17.2 Å². The van der Waals surface area contributed by atoms with Gasteiger partial charge in [-0.2, -0.15) is 0 Å². The Morgan fingerprint density at radius 1 is 0.633 bits per heavy atom. The van der Waals surface area contributed by atoms with E-state index in [1.807, 2.05) is 18.2 Å². The van der Waals surface area contributed by atoms with Gasteiger partial charge in [0.25, 0.3) is 0 Å². The molecule has 4 nitrogen and oxygen atoms in total. The Morgan fingerprint density at radius 3 is 1.67 bits per heavy atom. The van der Waals surface area contributed by atoms with Crippen LogP contribution in [0.25, 0.3) is 0 Å². The minimum Gasteiger partial charge on any atom is -0.508 e. The largest absolute Gasteiger partial charge is 0.508 e. The highest BCUT2D eigenvalue weighted by molar-refractivity contribution is 5.51. The van der Waals surface area contributed by atoms with Crippen LogP contribution in [0, 0.1) is 0 Å². The molecule has 30 heavy (non-hydrogen) atoms. The van der Waals surface area contributed by atoms with Gasteiger partial charge in [-0.3, -0.25) is 0 Å². The third-order valence-electron chi connectivity index (χ3n) is 6.24. The van der Waals surface area contributed by atoms with Crippen molar-refractivity contribution in [3.63, 3.8) is 0 Å². The van der Waals surface area contributed by atoms with Crippen LogP contribution in [0.4, 0.5) is 0 Å². The summed E-state index contributed by atoms with van der Waals surface area (Å²) in [7, 11) is 0. The molecule has 2 fully saturated rings. The highest BCUT2D eigenvalue weighted by Gasteiger charge is 2.34. The summed E-state index contributed by atoms with van der Waals surface area (Å²) in [6.45, 7) is 4.34. The van der Waals surface area contributed by atoms with Crippen LogP contribution in [0.1, 0.15) is 78.1 Å². The molecule has 0 radical (unpaired) electrons. The summed E-state index contributed by atoms with van der Waals surface area (Å²) < 4.78 is 12.7. The maximum Gasteiger partial charge on any atom is 0.203 e. The van der Waals surface area contributed by atoms with Gasteiger partial charge in [0.2, 0.25) is 5.75 Å². The first-order valence-electron chi connectivity index (χ1n) is 11.3. The first-order valence-corrected chi connectivity index (χ1v) is 11.3. The van der Waals surface area contributed by atoms with Crippen molar-refractivity contribution in [1.29, 1.82) is 0 Å². The highest BCUT2D eigenvalue weighted by Crippen LogP contribution is 2.44. The van der Waals surface area contributed by atoms with Gasteiger partial charge in [0.1, 0.15) is 17.0 Å². The topological polar surface area (TPSA) is 58.9 Å². The van der Waals surface area contributed by atoms with Crippen LogP contribution >= 0.6 is 0 Å². The molecule has 0 amide bonds. The van der Waals surface area contributed by atoms with E-state index < -0.39 is 0 Å². The summed E-state index contributed by atoms with van der Waals surface area (Å²) in [5.74, 6) is 1.74. The van der Waals surface area contributed by atoms with Crippen LogP contribution in [-0.4, -0.2) is 21.4 Å². The molecule has 0 aliphatic heterocycles.